The average Bonchev–Trinajstić information content (AvgIpc) is 3.45. The van der Waals surface area contributed by atoms with Gasteiger partial charge in [0, 0.05) is 39.3 Å². The second-order valence-corrected chi connectivity index (χ2v) is 11.4. The fourth-order valence-electron chi connectivity index (χ4n) is 6.29. The van der Waals surface area contributed by atoms with Crippen molar-refractivity contribution in [1.29, 1.82) is 0 Å². The molecule has 0 aliphatic carbocycles. The second kappa shape index (κ2) is 10.1. The average molecular weight is 529 g/mol. The van der Waals surface area contributed by atoms with Crippen LogP contribution in [0, 0.1) is 5.92 Å². The fourth-order valence-corrected chi connectivity index (χ4v) is 6.55. The van der Waals surface area contributed by atoms with Gasteiger partial charge in [0.15, 0.2) is 0 Å². The monoisotopic (exact) mass is 528 g/mol. The molecule has 3 aromatic carbocycles. The van der Waals surface area contributed by atoms with E-state index in [1.54, 1.807) is 0 Å². The fraction of sp³-hybridized carbons (Fsp3) is 0.355. The van der Waals surface area contributed by atoms with Gasteiger partial charge in [0.05, 0.1) is 23.4 Å². The first-order valence-corrected chi connectivity index (χ1v) is 13.9. The third-order valence-electron chi connectivity index (χ3n) is 8.17. The van der Waals surface area contributed by atoms with E-state index < -0.39 is 0 Å². The number of anilines is 1. The van der Waals surface area contributed by atoms with Crippen molar-refractivity contribution in [1.82, 2.24) is 15.5 Å². The van der Waals surface area contributed by atoms with Gasteiger partial charge in [-0.2, -0.15) is 5.10 Å². The summed E-state index contributed by atoms with van der Waals surface area (Å²) in [6, 6.07) is 22.5. The van der Waals surface area contributed by atoms with Crippen molar-refractivity contribution < 1.29 is 9.90 Å². The smallest absolute Gasteiger partial charge is 0.251 e. The highest BCUT2D eigenvalue weighted by atomic mass is 35.5. The number of nitrogens with zero attached hydrogens (tertiary/aromatic N) is 2. The van der Waals surface area contributed by atoms with E-state index in [4.69, 9.17) is 11.6 Å². The Labute approximate surface area is 228 Å². The van der Waals surface area contributed by atoms with Gasteiger partial charge in [-0.3, -0.25) is 9.89 Å². The van der Waals surface area contributed by atoms with Crippen LogP contribution in [-0.4, -0.2) is 39.4 Å². The Morgan fingerprint density at radius 1 is 1.05 bits per heavy atom. The zero-order valence-electron chi connectivity index (χ0n) is 21.7. The minimum Gasteiger partial charge on any atom is -0.393 e. The van der Waals surface area contributed by atoms with E-state index in [9.17, 15) is 9.90 Å². The molecule has 3 N–H and O–H groups in total. The summed E-state index contributed by atoms with van der Waals surface area (Å²) in [6.45, 7) is 4.15. The number of aliphatic hydroxyl groups excluding tert-OH is 1. The van der Waals surface area contributed by atoms with Gasteiger partial charge in [0.25, 0.3) is 5.91 Å². The van der Waals surface area contributed by atoms with Gasteiger partial charge in [-0.25, -0.2) is 0 Å². The number of aliphatic hydroxyl groups is 1. The predicted octanol–water partition coefficient (Wildman–Crippen LogP) is 6.50. The molecule has 2 aliphatic heterocycles. The number of aromatic amines is 1. The highest BCUT2D eigenvalue weighted by Crippen LogP contribution is 2.40. The Hall–Kier alpha value is -3.35. The van der Waals surface area contributed by atoms with E-state index in [1.165, 1.54) is 5.69 Å². The van der Waals surface area contributed by atoms with E-state index in [-0.39, 0.29) is 24.0 Å². The maximum atomic E-state index is 13.4. The van der Waals surface area contributed by atoms with Crippen molar-refractivity contribution in [3.8, 4) is 11.3 Å². The number of piperidine rings is 1. The zero-order valence-corrected chi connectivity index (χ0v) is 22.4. The zero-order chi connectivity index (χ0) is 26.4. The molecule has 6 nitrogen and oxygen atoms in total. The van der Waals surface area contributed by atoms with Gasteiger partial charge in [-0.15, -0.1) is 0 Å². The lowest BCUT2D eigenvalue weighted by Crippen LogP contribution is -2.44. The molecule has 0 saturated carbocycles. The van der Waals surface area contributed by atoms with Crippen molar-refractivity contribution in [2.24, 2.45) is 5.92 Å². The maximum Gasteiger partial charge on any atom is 0.251 e. The molecule has 4 aromatic rings. The number of hydrogen-bond acceptors (Lipinski definition) is 4. The van der Waals surface area contributed by atoms with Crippen LogP contribution in [0.3, 0.4) is 0 Å². The molecule has 1 unspecified atom stereocenters. The highest BCUT2D eigenvalue weighted by molar-refractivity contribution is 6.31. The lowest BCUT2D eigenvalue weighted by atomic mass is 9.95. The molecule has 2 saturated heterocycles. The number of fused-ring (bicyclic) bond motifs is 3. The van der Waals surface area contributed by atoms with Gasteiger partial charge < -0.3 is 15.3 Å². The van der Waals surface area contributed by atoms with Crippen molar-refractivity contribution in [3.05, 3.63) is 82.9 Å². The Morgan fingerprint density at radius 2 is 1.76 bits per heavy atom. The van der Waals surface area contributed by atoms with Crippen LogP contribution in [0.15, 0.2) is 66.7 Å². The van der Waals surface area contributed by atoms with Crippen molar-refractivity contribution in [3.63, 3.8) is 0 Å². The Morgan fingerprint density at radius 3 is 2.45 bits per heavy atom. The number of amides is 1. The van der Waals surface area contributed by atoms with Crippen LogP contribution in [0.1, 0.15) is 61.5 Å². The topological polar surface area (TPSA) is 81.2 Å². The Bertz CT molecular complexity index is 1450. The number of rotatable bonds is 6. The molecule has 3 heterocycles. The molecule has 0 spiro atoms. The third-order valence-corrected chi connectivity index (χ3v) is 8.51. The number of aromatic nitrogens is 2. The molecule has 38 heavy (non-hydrogen) atoms. The maximum absolute atomic E-state index is 13.4. The summed E-state index contributed by atoms with van der Waals surface area (Å²) < 4.78 is 0. The number of H-pyrrole nitrogens is 1. The Balaban J connectivity index is 1.26. The highest BCUT2D eigenvalue weighted by Gasteiger charge is 2.40. The van der Waals surface area contributed by atoms with Gasteiger partial charge in [-0.1, -0.05) is 55.8 Å². The SMILES string of the molecule is CC(C)[C@H](NC(=O)c1ccc2[nH]nc(-c3ccc(N4[C@@H]5CC[C@H]4CC(O)C5)cc3)c2c1)c1ccccc1Cl. The van der Waals surface area contributed by atoms with E-state index in [1.807, 2.05) is 42.5 Å². The molecule has 6 rings (SSSR count). The quantitative estimate of drug-likeness (QED) is 0.267. The molecule has 1 aromatic heterocycles. The molecule has 4 atom stereocenters. The summed E-state index contributed by atoms with van der Waals surface area (Å²) in [4.78, 5) is 15.9. The van der Waals surface area contributed by atoms with Crippen LogP contribution < -0.4 is 10.2 Å². The number of nitrogens with one attached hydrogen (secondary N) is 2. The molecule has 2 aliphatic rings. The molecule has 2 bridgehead atoms. The standard InChI is InChI=1S/C31H33ClN4O2/c1-18(2)29(25-5-3-4-6-27(25)32)33-31(38)20-9-14-28-26(15-20)30(35-34-28)19-7-10-21(11-8-19)36-22-12-13-23(36)17-24(37)16-22/h3-11,14-15,18,22-24,29,37H,12-13,16-17H2,1-2H3,(H,33,38)(H,34,35)/t22-,23+,24?,29-/m0/s1. The largest absolute Gasteiger partial charge is 0.393 e. The minimum absolute atomic E-state index is 0.143. The summed E-state index contributed by atoms with van der Waals surface area (Å²) in [5.41, 5.74) is 5.41. The summed E-state index contributed by atoms with van der Waals surface area (Å²) in [5, 5.41) is 22.6. The Kier molecular flexibility index (Phi) is 6.62. The number of halogens is 1. The molecule has 2 fully saturated rings. The molecule has 7 heteroatoms. The summed E-state index contributed by atoms with van der Waals surface area (Å²) in [5.74, 6) is 0.0276. The van der Waals surface area contributed by atoms with E-state index in [2.05, 4.69) is 58.5 Å². The van der Waals surface area contributed by atoms with Gasteiger partial charge in [0.1, 0.15) is 0 Å². The van der Waals surface area contributed by atoms with Crippen molar-refractivity contribution in [2.45, 2.75) is 63.8 Å². The van der Waals surface area contributed by atoms with Gasteiger partial charge in [0.2, 0.25) is 0 Å². The predicted molar refractivity (Wildman–Crippen MR) is 153 cm³/mol. The first kappa shape index (κ1) is 25.0. The van der Waals surface area contributed by atoms with E-state index in [0.29, 0.717) is 22.7 Å². The van der Waals surface area contributed by atoms with Crippen LogP contribution in [0.25, 0.3) is 22.2 Å². The minimum atomic E-state index is -0.200. The molecular formula is C31H33ClN4O2. The van der Waals surface area contributed by atoms with E-state index >= 15 is 0 Å². The first-order chi connectivity index (χ1) is 18.4. The molecule has 0 radical (unpaired) electrons. The first-order valence-electron chi connectivity index (χ1n) is 13.5. The van der Waals surface area contributed by atoms with Gasteiger partial charge >= 0.3 is 0 Å². The summed E-state index contributed by atoms with van der Waals surface area (Å²) >= 11 is 6.45. The van der Waals surface area contributed by atoms with Crippen LogP contribution in [0.4, 0.5) is 5.69 Å². The molecule has 1 amide bonds. The van der Waals surface area contributed by atoms with Crippen molar-refractivity contribution in [2.75, 3.05) is 4.90 Å². The lowest BCUT2D eigenvalue weighted by molar-refractivity contribution is 0.0925. The summed E-state index contributed by atoms with van der Waals surface area (Å²) in [7, 11) is 0. The lowest BCUT2D eigenvalue weighted by Gasteiger charge is -2.39. The van der Waals surface area contributed by atoms with Crippen LogP contribution in [0.2, 0.25) is 5.02 Å². The number of carbonyl (C=O) groups is 1. The normalized spacial score (nSPS) is 21.7. The molecular weight excluding hydrogens is 496 g/mol. The van der Waals surface area contributed by atoms with Crippen LogP contribution in [0.5, 0.6) is 0 Å². The summed E-state index contributed by atoms with van der Waals surface area (Å²) in [6.07, 6.45) is 3.81. The van der Waals surface area contributed by atoms with Crippen LogP contribution >= 0.6 is 11.6 Å². The third kappa shape index (κ3) is 4.56. The van der Waals surface area contributed by atoms with Crippen molar-refractivity contribution >= 4 is 34.1 Å². The van der Waals surface area contributed by atoms with Crippen LogP contribution in [-0.2, 0) is 0 Å². The second-order valence-electron chi connectivity index (χ2n) is 11.0. The van der Waals surface area contributed by atoms with E-state index in [0.717, 1.165) is 53.4 Å². The molecule has 196 valence electrons. The number of carbonyl (C=O) groups excluding carboxylic acids is 1. The number of benzene rings is 3. The number of hydrogen-bond donors (Lipinski definition) is 3. The van der Waals surface area contributed by atoms with Gasteiger partial charge in [-0.05, 0) is 73.6 Å².